The number of carbonyl (C=O) groups is 1. The monoisotopic (exact) mass is 217 g/mol. The van der Waals surface area contributed by atoms with Crippen molar-refractivity contribution in [1.82, 2.24) is 4.90 Å². The summed E-state index contributed by atoms with van der Waals surface area (Å²) in [6.45, 7) is 8.62. The highest BCUT2D eigenvalue weighted by atomic mass is 16.5. The van der Waals surface area contributed by atoms with Gasteiger partial charge in [-0.2, -0.15) is 0 Å². The lowest BCUT2D eigenvalue weighted by Crippen LogP contribution is -2.42. The minimum absolute atomic E-state index is 0.582. The summed E-state index contributed by atoms with van der Waals surface area (Å²) in [6.07, 6.45) is 0.645. The number of hydrogen-bond donors (Lipinski definition) is 1. The molecule has 0 spiro atoms. The van der Waals surface area contributed by atoms with Gasteiger partial charge in [-0.1, -0.05) is 13.8 Å². The van der Waals surface area contributed by atoms with E-state index < -0.39 is 11.4 Å². The third-order valence-electron chi connectivity index (χ3n) is 2.93. The van der Waals surface area contributed by atoms with Crippen LogP contribution in [0, 0.1) is 5.41 Å². The average molecular weight is 217 g/mol. The van der Waals surface area contributed by atoms with Crippen LogP contribution in [0.2, 0.25) is 0 Å². The fraction of sp³-hybridized carbons (Fsp3) is 0.909. The van der Waals surface area contributed by atoms with Crippen LogP contribution in [0.4, 0.5) is 0 Å². The summed E-state index contributed by atoms with van der Waals surface area (Å²) in [7, 11) is 1.66. The van der Waals surface area contributed by atoms with Crippen molar-refractivity contribution in [3.63, 3.8) is 0 Å². The largest absolute Gasteiger partial charge is 0.481 e. The molecule has 0 saturated heterocycles. The molecule has 0 saturated carbocycles. The van der Waals surface area contributed by atoms with E-state index in [-0.39, 0.29) is 0 Å². The smallest absolute Gasteiger partial charge is 0.310 e. The Labute approximate surface area is 92.2 Å². The van der Waals surface area contributed by atoms with Gasteiger partial charge in [-0.15, -0.1) is 0 Å². The molecule has 1 N–H and O–H groups in total. The number of aliphatic carboxylic acids is 1. The molecular formula is C11H23NO3. The number of ether oxygens (including phenoxy) is 1. The van der Waals surface area contributed by atoms with Crippen LogP contribution in [0.15, 0.2) is 0 Å². The van der Waals surface area contributed by atoms with Crippen LogP contribution in [0.5, 0.6) is 0 Å². The fourth-order valence-electron chi connectivity index (χ4n) is 1.39. The molecule has 0 heterocycles. The molecule has 0 aliphatic rings. The molecule has 0 aliphatic carbocycles. The van der Waals surface area contributed by atoms with Crippen LogP contribution in [0.1, 0.15) is 27.2 Å². The third kappa shape index (κ3) is 4.62. The van der Waals surface area contributed by atoms with Crippen LogP contribution in [0.3, 0.4) is 0 Å². The number of methoxy groups -OCH3 is 1. The number of carboxylic acid groups (broad SMARTS) is 1. The van der Waals surface area contributed by atoms with Gasteiger partial charge in [0.15, 0.2) is 0 Å². The van der Waals surface area contributed by atoms with E-state index in [0.29, 0.717) is 19.6 Å². The summed E-state index contributed by atoms with van der Waals surface area (Å²) in [6, 6.07) is 0. The number of hydrogen-bond acceptors (Lipinski definition) is 3. The first-order valence-electron chi connectivity index (χ1n) is 5.44. The van der Waals surface area contributed by atoms with Gasteiger partial charge in [-0.25, -0.2) is 0 Å². The van der Waals surface area contributed by atoms with E-state index in [1.165, 1.54) is 0 Å². The van der Waals surface area contributed by atoms with Crippen molar-refractivity contribution in [3.05, 3.63) is 0 Å². The van der Waals surface area contributed by atoms with Crippen LogP contribution >= 0.6 is 0 Å². The molecule has 1 atom stereocenters. The number of carboxylic acids is 1. The number of likely N-dealkylation sites (N-methyl/N-ethyl adjacent to an activating group) is 1. The number of rotatable bonds is 8. The van der Waals surface area contributed by atoms with Crippen LogP contribution < -0.4 is 0 Å². The number of nitrogens with zero attached hydrogens (tertiary/aromatic N) is 1. The topological polar surface area (TPSA) is 49.8 Å². The van der Waals surface area contributed by atoms with Crippen molar-refractivity contribution in [2.75, 3.05) is 33.4 Å². The Kier molecular flexibility index (Phi) is 6.52. The summed E-state index contributed by atoms with van der Waals surface area (Å²) in [4.78, 5) is 13.2. The molecule has 90 valence electrons. The van der Waals surface area contributed by atoms with Gasteiger partial charge in [-0.05, 0) is 19.9 Å². The Morgan fingerprint density at radius 1 is 1.47 bits per heavy atom. The normalized spacial score (nSPS) is 15.3. The highest BCUT2D eigenvalue weighted by molar-refractivity contribution is 5.74. The molecule has 0 radical (unpaired) electrons. The Bertz CT molecular complexity index is 196. The van der Waals surface area contributed by atoms with E-state index in [4.69, 9.17) is 9.84 Å². The van der Waals surface area contributed by atoms with Crippen molar-refractivity contribution in [2.24, 2.45) is 5.41 Å². The molecule has 0 fully saturated rings. The van der Waals surface area contributed by atoms with Crippen LogP contribution in [0.25, 0.3) is 0 Å². The fourth-order valence-corrected chi connectivity index (χ4v) is 1.39. The zero-order valence-corrected chi connectivity index (χ0v) is 10.2. The Morgan fingerprint density at radius 2 is 2.07 bits per heavy atom. The van der Waals surface area contributed by atoms with Crippen molar-refractivity contribution >= 4 is 5.97 Å². The second kappa shape index (κ2) is 6.80. The lowest BCUT2D eigenvalue weighted by atomic mass is 9.87. The molecule has 1 unspecified atom stereocenters. The quantitative estimate of drug-likeness (QED) is 0.668. The van der Waals surface area contributed by atoms with Crippen molar-refractivity contribution in [1.29, 1.82) is 0 Å². The summed E-state index contributed by atoms with van der Waals surface area (Å²) >= 11 is 0. The SMILES string of the molecule is CCN(CCOC)CC(C)(CC)C(=O)O. The van der Waals surface area contributed by atoms with E-state index in [1.54, 1.807) is 14.0 Å². The summed E-state index contributed by atoms with van der Waals surface area (Å²) < 4.78 is 4.99. The lowest BCUT2D eigenvalue weighted by molar-refractivity contribution is -0.149. The van der Waals surface area contributed by atoms with E-state index in [1.807, 2.05) is 13.8 Å². The molecule has 0 aliphatic heterocycles. The third-order valence-corrected chi connectivity index (χ3v) is 2.93. The van der Waals surface area contributed by atoms with Gasteiger partial charge >= 0.3 is 5.97 Å². The second-order valence-corrected chi connectivity index (χ2v) is 4.08. The maximum absolute atomic E-state index is 11.1. The first-order valence-corrected chi connectivity index (χ1v) is 5.44. The maximum atomic E-state index is 11.1. The Morgan fingerprint density at radius 3 is 2.40 bits per heavy atom. The van der Waals surface area contributed by atoms with Gasteiger partial charge in [0.05, 0.1) is 12.0 Å². The molecule has 0 aromatic heterocycles. The predicted octanol–water partition coefficient (Wildman–Crippen LogP) is 1.46. The van der Waals surface area contributed by atoms with Crippen LogP contribution in [-0.4, -0.2) is 49.3 Å². The van der Waals surface area contributed by atoms with Gasteiger partial charge in [-0.3, -0.25) is 4.79 Å². The highest BCUT2D eigenvalue weighted by Gasteiger charge is 2.32. The van der Waals surface area contributed by atoms with Gasteiger partial charge in [0.2, 0.25) is 0 Å². The van der Waals surface area contributed by atoms with Crippen molar-refractivity contribution in [3.8, 4) is 0 Å². The Balaban J connectivity index is 4.29. The van der Waals surface area contributed by atoms with Gasteiger partial charge in [0.25, 0.3) is 0 Å². The summed E-state index contributed by atoms with van der Waals surface area (Å²) in [5, 5.41) is 9.14. The highest BCUT2D eigenvalue weighted by Crippen LogP contribution is 2.22. The van der Waals surface area contributed by atoms with Crippen LogP contribution in [-0.2, 0) is 9.53 Å². The molecule has 0 amide bonds. The first-order chi connectivity index (χ1) is 7.00. The maximum Gasteiger partial charge on any atom is 0.310 e. The molecule has 4 heteroatoms. The lowest BCUT2D eigenvalue weighted by Gasteiger charge is -2.30. The van der Waals surface area contributed by atoms with Gasteiger partial charge in [0, 0.05) is 20.2 Å². The second-order valence-electron chi connectivity index (χ2n) is 4.08. The summed E-state index contributed by atoms with van der Waals surface area (Å²) in [5.74, 6) is -0.721. The minimum Gasteiger partial charge on any atom is -0.481 e. The van der Waals surface area contributed by atoms with E-state index in [9.17, 15) is 4.79 Å². The van der Waals surface area contributed by atoms with Crippen molar-refractivity contribution < 1.29 is 14.6 Å². The molecule has 0 aromatic rings. The van der Waals surface area contributed by atoms with Gasteiger partial charge in [0.1, 0.15) is 0 Å². The molecule has 0 rings (SSSR count). The van der Waals surface area contributed by atoms with E-state index in [0.717, 1.165) is 13.1 Å². The summed E-state index contributed by atoms with van der Waals surface area (Å²) in [5.41, 5.74) is -0.649. The standard InChI is InChI=1S/C11H23NO3/c1-5-11(3,10(13)14)9-12(6-2)7-8-15-4/h5-9H2,1-4H3,(H,13,14). The molecule has 15 heavy (non-hydrogen) atoms. The van der Waals surface area contributed by atoms with Gasteiger partial charge < -0.3 is 14.7 Å². The van der Waals surface area contributed by atoms with E-state index >= 15 is 0 Å². The molecule has 0 aromatic carbocycles. The zero-order valence-electron chi connectivity index (χ0n) is 10.2. The predicted molar refractivity (Wildman–Crippen MR) is 60.0 cm³/mol. The Hall–Kier alpha value is -0.610. The first kappa shape index (κ1) is 14.4. The molecule has 4 nitrogen and oxygen atoms in total. The molecule has 0 bridgehead atoms. The minimum atomic E-state index is -0.721. The van der Waals surface area contributed by atoms with Crippen molar-refractivity contribution in [2.45, 2.75) is 27.2 Å². The average Bonchev–Trinajstić information content (AvgIpc) is 2.23. The molecular weight excluding hydrogens is 194 g/mol. The zero-order chi connectivity index (χ0) is 11.9. The van der Waals surface area contributed by atoms with E-state index in [2.05, 4.69) is 4.90 Å².